The monoisotopic (exact) mass is 341 g/mol. The second-order valence-corrected chi connectivity index (χ2v) is 5.88. The third-order valence-electron chi connectivity index (χ3n) is 3.36. The van der Waals surface area contributed by atoms with Crippen LogP contribution in [0.4, 0.5) is 5.13 Å². The fraction of sp³-hybridized carbons (Fsp3) is 0.0667. The first-order valence-electron chi connectivity index (χ1n) is 7.03. The van der Waals surface area contributed by atoms with E-state index in [1.165, 1.54) is 22.2 Å². The predicted molar refractivity (Wildman–Crippen MR) is 88.8 cm³/mol. The van der Waals surface area contributed by atoms with Gasteiger partial charge in [-0.1, -0.05) is 18.2 Å². The second kappa shape index (κ2) is 5.78. The number of benzene rings is 1. The Bertz CT molecular complexity index is 1040. The van der Waals surface area contributed by atoms with Crippen LogP contribution in [0.15, 0.2) is 51.3 Å². The number of thiazole rings is 1. The summed E-state index contributed by atoms with van der Waals surface area (Å²) in [4.78, 5) is 27.6. The van der Waals surface area contributed by atoms with Crippen molar-refractivity contribution in [2.24, 2.45) is 0 Å². The van der Waals surface area contributed by atoms with Crippen LogP contribution in [0.1, 0.15) is 0 Å². The number of para-hydroxylation sites is 1. The molecule has 0 unspecified atom stereocenters. The number of hydrogen-bond acceptors (Lipinski definition) is 6. The number of rotatable bonds is 4. The zero-order valence-corrected chi connectivity index (χ0v) is 13.0. The molecule has 0 bridgehead atoms. The van der Waals surface area contributed by atoms with Gasteiger partial charge >= 0.3 is 5.69 Å². The van der Waals surface area contributed by atoms with E-state index in [4.69, 9.17) is 4.42 Å². The van der Waals surface area contributed by atoms with Gasteiger partial charge in [-0.25, -0.2) is 14.9 Å². The smallest absolute Gasteiger partial charge is 0.343 e. The molecule has 0 fully saturated rings. The Morgan fingerprint density at radius 2 is 2.25 bits per heavy atom. The van der Waals surface area contributed by atoms with Crippen LogP contribution >= 0.6 is 11.3 Å². The van der Waals surface area contributed by atoms with Gasteiger partial charge in [-0.2, -0.15) is 5.10 Å². The predicted octanol–water partition coefficient (Wildman–Crippen LogP) is 2.08. The molecule has 0 atom stereocenters. The standard InChI is InChI=1S/C15H11N5O3S/c21-13(6-20-8-16-19-15(20)22)18-14-17-10(7-24-14)12-5-9-3-1-2-4-11(9)23-12/h1-5,7-8H,6H2,(H,19,22)(H,17,18,21). The number of nitrogens with one attached hydrogen (secondary N) is 2. The van der Waals surface area contributed by atoms with Gasteiger partial charge in [0, 0.05) is 10.8 Å². The fourth-order valence-corrected chi connectivity index (χ4v) is 2.96. The number of hydrogen-bond donors (Lipinski definition) is 2. The van der Waals surface area contributed by atoms with Crippen molar-refractivity contribution in [3.05, 3.63) is 52.5 Å². The van der Waals surface area contributed by atoms with Gasteiger partial charge < -0.3 is 9.73 Å². The summed E-state index contributed by atoms with van der Waals surface area (Å²) < 4.78 is 6.92. The molecule has 120 valence electrons. The third kappa shape index (κ3) is 2.72. The summed E-state index contributed by atoms with van der Waals surface area (Å²) in [6, 6.07) is 9.59. The highest BCUT2D eigenvalue weighted by atomic mass is 32.1. The largest absolute Gasteiger partial charge is 0.454 e. The van der Waals surface area contributed by atoms with Crippen molar-refractivity contribution in [3.63, 3.8) is 0 Å². The molecular formula is C15H11N5O3S. The first-order chi connectivity index (χ1) is 11.7. The molecule has 4 rings (SSSR count). The van der Waals surface area contributed by atoms with Crippen molar-refractivity contribution < 1.29 is 9.21 Å². The first-order valence-corrected chi connectivity index (χ1v) is 7.91. The molecule has 1 aromatic carbocycles. The van der Waals surface area contributed by atoms with E-state index in [-0.39, 0.29) is 12.5 Å². The summed E-state index contributed by atoms with van der Waals surface area (Å²) >= 11 is 1.29. The van der Waals surface area contributed by atoms with Crippen LogP contribution in [-0.2, 0) is 11.3 Å². The zero-order valence-electron chi connectivity index (χ0n) is 12.2. The molecule has 0 aliphatic carbocycles. The van der Waals surface area contributed by atoms with Gasteiger partial charge in [-0.05, 0) is 12.1 Å². The van der Waals surface area contributed by atoms with E-state index >= 15 is 0 Å². The van der Waals surface area contributed by atoms with Crippen LogP contribution in [-0.4, -0.2) is 25.7 Å². The average molecular weight is 341 g/mol. The quantitative estimate of drug-likeness (QED) is 0.591. The highest BCUT2D eigenvalue weighted by molar-refractivity contribution is 7.14. The lowest BCUT2D eigenvalue weighted by Gasteiger charge is -2.00. The molecule has 2 N–H and O–H groups in total. The Hall–Kier alpha value is -3.20. The molecular weight excluding hydrogens is 330 g/mol. The Morgan fingerprint density at radius 3 is 3.04 bits per heavy atom. The van der Waals surface area contributed by atoms with Gasteiger partial charge in [0.2, 0.25) is 5.91 Å². The molecule has 0 aliphatic heterocycles. The summed E-state index contributed by atoms with van der Waals surface area (Å²) in [5, 5.41) is 11.7. The molecule has 0 saturated carbocycles. The lowest BCUT2D eigenvalue weighted by molar-refractivity contribution is -0.116. The number of aromatic amines is 1. The number of nitrogens with zero attached hydrogens (tertiary/aromatic N) is 3. The van der Waals surface area contributed by atoms with E-state index in [0.29, 0.717) is 16.6 Å². The number of carbonyl (C=O) groups is 1. The zero-order chi connectivity index (χ0) is 16.5. The first kappa shape index (κ1) is 14.4. The summed E-state index contributed by atoms with van der Waals surface area (Å²) in [6.45, 7) is -0.130. The van der Waals surface area contributed by atoms with Crippen LogP contribution in [0, 0.1) is 0 Å². The van der Waals surface area contributed by atoms with E-state index in [2.05, 4.69) is 20.5 Å². The summed E-state index contributed by atoms with van der Waals surface area (Å²) in [6.07, 6.45) is 1.27. The molecule has 0 aliphatic rings. The van der Waals surface area contributed by atoms with Gasteiger partial charge in [0.05, 0.1) is 0 Å². The van der Waals surface area contributed by atoms with Crippen LogP contribution in [0.3, 0.4) is 0 Å². The minimum absolute atomic E-state index is 0.130. The maximum Gasteiger partial charge on any atom is 0.343 e. The van der Waals surface area contributed by atoms with E-state index in [9.17, 15) is 9.59 Å². The highest BCUT2D eigenvalue weighted by Gasteiger charge is 2.12. The SMILES string of the molecule is O=C(Cn1cn[nH]c1=O)Nc1nc(-c2cc3ccccc3o2)cs1. The van der Waals surface area contributed by atoms with Gasteiger partial charge in [0.15, 0.2) is 10.9 Å². The van der Waals surface area contributed by atoms with E-state index in [1.54, 1.807) is 5.38 Å². The van der Waals surface area contributed by atoms with E-state index in [0.717, 1.165) is 11.0 Å². The molecule has 24 heavy (non-hydrogen) atoms. The second-order valence-electron chi connectivity index (χ2n) is 5.02. The number of H-pyrrole nitrogens is 1. The Labute approximate surface area is 138 Å². The molecule has 4 aromatic rings. The Balaban J connectivity index is 1.51. The number of fused-ring (bicyclic) bond motifs is 1. The minimum Gasteiger partial charge on any atom is -0.454 e. The molecule has 1 amide bonds. The van der Waals surface area contributed by atoms with Crippen LogP contribution in [0.25, 0.3) is 22.4 Å². The van der Waals surface area contributed by atoms with Gasteiger partial charge in [-0.15, -0.1) is 11.3 Å². The van der Waals surface area contributed by atoms with Crippen LogP contribution in [0.5, 0.6) is 0 Å². The van der Waals surface area contributed by atoms with Crippen LogP contribution < -0.4 is 11.0 Å². The lowest BCUT2D eigenvalue weighted by atomic mass is 10.2. The topological polar surface area (TPSA) is 106 Å². The van der Waals surface area contributed by atoms with Crippen LogP contribution in [0.2, 0.25) is 0 Å². The van der Waals surface area contributed by atoms with Gasteiger partial charge in [0.25, 0.3) is 0 Å². The average Bonchev–Trinajstić information content (AvgIpc) is 3.27. The number of anilines is 1. The van der Waals surface area contributed by atoms with Gasteiger partial charge in [-0.3, -0.25) is 9.36 Å². The number of carbonyl (C=O) groups excluding carboxylic acids is 1. The molecule has 9 heteroatoms. The van der Waals surface area contributed by atoms with E-state index < -0.39 is 5.69 Å². The fourth-order valence-electron chi connectivity index (χ4n) is 2.25. The maximum atomic E-state index is 11.9. The van der Waals surface area contributed by atoms with Crippen molar-refractivity contribution in [2.75, 3.05) is 5.32 Å². The van der Waals surface area contributed by atoms with Crippen molar-refractivity contribution in [1.82, 2.24) is 19.7 Å². The Morgan fingerprint density at radius 1 is 1.38 bits per heavy atom. The minimum atomic E-state index is -0.438. The summed E-state index contributed by atoms with van der Waals surface area (Å²) in [5.74, 6) is 0.281. The number of aromatic nitrogens is 4. The lowest BCUT2D eigenvalue weighted by Crippen LogP contribution is -2.25. The molecule has 0 spiro atoms. The maximum absolute atomic E-state index is 11.9. The van der Waals surface area contributed by atoms with Crippen molar-refractivity contribution >= 4 is 33.3 Å². The number of amides is 1. The van der Waals surface area contributed by atoms with Crippen molar-refractivity contribution in [3.8, 4) is 11.5 Å². The number of furan rings is 1. The third-order valence-corrected chi connectivity index (χ3v) is 4.12. The molecule has 3 heterocycles. The summed E-state index contributed by atoms with van der Waals surface area (Å²) in [7, 11) is 0. The van der Waals surface area contributed by atoms with Crippen molar-refractivity contribution in [1.29, 1.82) is 0 Å². The molecule has 3 aromatic heterocycles. The Kier molecular flexibility index (Phi) is 3.47. The van der Waals surface area contributed by atoms with Gasteiger partial charge in [0.1, 0.15) is 24.1 Å². The normalized spacial score (nSPS) is 11.0. The van der Waals surface area contributed by atoms with Crippen molar-refractivity contribution in [2.45, 2.75) is 6.54 Å². The van der Waals surface area contributed by atoms with E-state index in [1.807, 2.05) is 30.3 Å². The summed E-state index contributed by atoms with van der Waals surface area (Å²) in [5.41, 5.74) is 0.990. The molecule has 0 saturated heterocycles. The highest BCUT2D eigenvalue weighted by Crippen LogP contribution is 2.30. The molecule has 0 radical (unpaired) electrons. The molecule has 8 nitrogen and oxygen atoms in total.